The Bertz CT molecular complexity index is 457. The van der Waals surface area contributed by atoms with E-state index in [1.165, 1.54) is 0 Å². The minimum Gasteiger partial charge on any atom is -0.464 e. The number of para-hydroxylation sites is 1. The number of likely N-dealkylation sites (N-methyl/N-ethyl adjacent to an activating group) is 1. The second-order valence-electron chi connectivity index (χ2n) is 4.76. The SMILES string of the molecule is Cc1ccccc1OC(=O)CCC(=O)OCCN(C)C. The van der Waals surface area contributed by atoms with E-state index in [1.807, 2.05) is 38.1 Å². The molecule has 1 rings (SSSR count). The van der Waals surface area contributed by atoms with Gasteiger partial charge in [0.2, 0.25) is 0 Å². The molecule has 5 heteroatoms. The molecule has 1 aromatic rings. The van der Waals surface area contributed by atoms with Crippen molar-refractivity contribution in [2.45, 2.75) is 19.8 Å². The zero-order valence-corrected chi connectivity index (χ0v) is 12.2. The van der Waals surface area contributed by atoms with Crippen molar-refractivity contribution in [1.82, 2.24) is 4.90 Å². The maximum atomic E-state index is 11.6. The molecule has 0 aliphatic heterocycles. The average molecular weight is 279 g/mol. The lowest BCUT2D eigenvalue weighted by molar-refractivity contribution is -0.147. The molecule has 0 saturated heterocycles. The number of benzene rings is 1. The fourth-order valence-corrected chi connectivity index (χ4v) is 1.46. The summed E-state index contributed by atoms with van der Waals surface area (Å²) in [5.74, 6) is -0.282. The van der Waals surface area contributed by atoms with Crippen LogP contribution in [0.3, 0.4) is 0 Å². The van der Waals surface area contributed by atoms with Crippen LogP contribution in [0.15, 0.2) is 24.3 Å². The van der Waals surface area contributed by atoms with E-state index in [-0.39, 0.29) is 18.8 Å². The number of nitrogens with zero attached hydrogens (tertiary/aromatic N) is 1. The highest BCUT2D eigenvalue weighted by atomic mass is 16.5. The largest absolute Gasteiger partial charge is 0.464 e. The lowest BCUT2D eigenvalue weighted by atomic mass is 10.2. The highest BCUT2D eigenvalue weighted by molar-refractivity contribution is 5.79. The molecule has 5 nitrogen and oxygen atoms in total. The summed E-state index contributed by atoms with van der Waals surface area (Å²) < 4.78 is 10.2. The van der Waals surface area contributed by atoms with Crippen LogP contribution >= 0.6 is 0 Å². The zero-order chi connectivity index (χ0) is 15.0. The molecule has 0 N–H and O–H groups in total. The molecule has 0 saturated carbocycles. The third-order valence-corrected chi connectivity index (χ3v) is 2.65. The van der Waals surface area contributed by atoms with Crippen molar-refractivity contribution in [2.24, 2.45) is 0 Å². The Hall–Kier alpha value is -1.88. The van der Waals surface area contributed by atoms with E-state index in [1.54, 1.807) is 12.1 Å². The molecule has 0 aromatic heterocycles. The molecule has 110 valence electrons. The molecule has 0 heterocycles. The standard InChI is InChI=1S/C15H21NO4/c1-12-6-4-5-7-13(12)20-15(18)9-8-14(17)19-11-10-16(2)3/h4-7H,8-11H2,1-3H3. The van der Waals surface area contributed by atoms with Gasteiger partial charge >= 0.3 is 11.9 Å². The van der Waals surface area contributed by atoms with Crippen LogP contribution in [0.25, 0.3) is 0 Å². The van der Waals surface area contributed by atoms with Gasteiger partial charge in [0.15, 0.2) is 0 Å². The van der Waals surface area contributed by atoms with E-state index in [2.05, 4.69) is 0 Å². The molecule has 0 atom stereocenters. The van der Waals surface area contributed by atoms with E-state index in [9.17, 15) is 9.59 Å². The summed E-state index contributed by atoms with van der Waals surface area (Å²) in [5.41, 5.74) is 0.884. The number of aryl methyl sites for hydroxylation is 1. The lowest BCUT2D eigenvalue weighted by Gasteiger charge is -2.10. The second kappa shape index (κ2) is 8.32. The molecule has 20 heavy (non-hydrogen) atoms. The van der Waals surface area contributed by atoms with Gasteiger partial charge in [-0.2, -0.15) is 0 Å². The maximum Gasteiger partial charge on any atom is 0.311 e. The van der Waals surface area contributed by atoms with Crippen molar-refractivity contribution >= 4 is 11.9 Å². The first-order valence-electron chi connectivity index (χ1n) is 6.55. The van der Waals surface area contributed by atoms with Crippen LogP contribution in [0.4, 0.5) is 0 Å². The van der Waals surface area contributed by atoms with E-state index < -0.39 is 5.97 Å². The fraction of sp³-hybridized carbons (Fsp3) is 0.467. The number of rotatable bonds is 7. The first-order valence-corrected chi connectivity index (χ1v) is 6.55. The fourth-order valence-electron chi connectivity index (χ4n) is 1.46. The van der Waals surface area contributed by atoms with Crippen LogP contribution < -0.4 is 4.74 Å². The highest BCUT2D eigenvalue weighted by Crippen LogP contribution is 2.16. The summed E-state index contributed by atoms with van der Waals surface area (Å²) in [4.78, 5) is 24.9. The van der Waals surface area contributed by atoms with Crippen molar-refractivity contribution in [2.75, 3.05) is 27.2 Å². The molecule has 0 bridgehead atoms. The Morgan fingerprint density at radius 1 is 1.10 bits per heavy atom. The van der Waals surface area contributed by atoms with E-state index >= 15 is 0 Å². The Balaban J connectivity index is 2.26. The summed E-state index contributed by atoms with van der Waals surface area (Å²) in [6.45, 7) is 2.86. The topological polar surface area (TPSA) is 55.8 Å². The summed E-state index contributed by atoms with van der Waals surface area (Å²) in [6.07, 6.45) is 0.0628. The third-order valence-electron chi connectivity index (χ3n) is 2.65. The average Bonchev–Trinajstić information content (AvgIpc) is 2.39. The highest BCUT2D eigenvalue weighted by Gasteiger charge is 2.11. The molecule has 0 amide bonds. The van der Waals surface area contributed by atoms with Gasteiger partial charge in [-0.3, -0.25) is 9.59 Å². The van der Waals surface area contributed by atoms with Gasteiger partial charge in [-0.05, 0) is 32.6 Å². The maximum absolute atomic E-state index is 11.6. The van der Waals surface area contributed by atoms with Crippen molar-refractivity contribution in [3.05, 3.63) is 29.8 Å². The minimum atomic E-state index is -0.427. The smallest absolute Gasteiger partial charge is 0.311 e. The normalized spacial score (nSPS) is 10.4. The summed E-state index contributed by atoms with van der Waals surface area (Å²) in [7, 11) is 3.79. The summed E-state index contributed by atoms with van der Waals surface area (Å²) in [5, 5.41) is 0. The van der Waals surface area contributed by atoms with E-state index in [4.69, 9.17) is 9.47 Å². The van der Waals surface area contributed by atoms with Crippen molar-refractivity contribution < 1.29 is 19.1 Å². The Morgan fingerprint density at radius 2 is 1.75 bits per heavy atom. The molecular formula is C15H21NO4. The Labute approximate surface area is 119 Å². The van der Waals surface area contributed by atoms with Gasteiger partial charge in [0.1, 0.15) is 12.4 Å². The molecular weight excluding hydrogens is 258 g/mol. The van der Waals surface area contributed by atoms with Crippen LogP contribution in [0.5, 0.6) is 5.75 Å². The number of esters is 2. The van der Waals surface area contributed by atoms with Crippen LogP contribution in [-0.4, -0.2) is 44.1 Å². The predicted molar refractivity (Wildman–Crippen MR) is 75.6 cm³/mol. The van der Waals surface area contributed by atoms with Gasteiger partial charge in [-0.25, -0.2) is 0 Å². The number of hydrogen-bond donors (Lipinski definition) is 0. The minimum absolute atomic E-state index is 0.0229. The van der Waals surface area contributed by atoms with Crippen molar-refractivity contribution in [1.29, 1.82) is 0 Å². The summed E-state index contributed by atoms with van der Waals surface area (Å²) in [6, 6.07) is 7.25. The van der Waals surface area contributed by atoms with Crippen LogP contribution in [-0.2, 0) is 14.3 Å². The van der Waals surface area contributed by atoms with E-state index in [0.717, 1.165) is 5.56 Å². The van der Waals surface area contributed by atoms with Gasteiger partial charge in [-0.15, -0.1) is 0 Å². The molecule has 0 fully saturated rings. The van der Waals surface area contributed by atoms with Crippen LogP contribution in [0.1, 0.15) is 18.4 Å². The van der Waals surface area contributed by atoms with Gasteiger partial charge in [-0.1, -0.05) is 18.2 Å². The third kappa shape index (κ3) is 6.33. The van der Waals surface area contributed by atoms with Crippen LogP contribution in [0.2, 0.25) is 0 Å². The first-order chi connectivity index (χ1) is 9.49. The molecule has 1 aromatic carbocycles. The molecule has 0 aliphatic carbocycles. The van der Waals surface area contributed by atoms with E-state index in [0.29, 0.717) is 18.9 Å². The van der Waals surface area contributed by atoms with Gasteiger partial charge in [0.05, 0.1) is 12.8 Å². The Morgan fingerprint density at radius 3 is 2.40 bits per heavy atom. The van der Waals surface area contributed by atoms with Crippen LogP contribution in [0, 0.1) is 6.92 Å². The van der Waals surface area contributed by atoms with Gasteiger partial charge in [0.25, 0.3) is 0 Å². The van der Waals surface area contributed by atoms with Crippen molar-refractivity contribution in [3.8, 4) is 5.75 Å². The molecule has 0 spiro atoms. The van der Waals surface area contributed by atoms with Gasteiger partial charge in [0, 0.05) is 6.54 Å². The lowest BCUT2D eigenvalue weighted by Crippen LogP contribution is -2.20. The number of carbonyl (C=O) groups is 2. The second-order valence-corrected chi connectivity index (χ2v) is 4.76. The molecule has 0 aliphatic rings. The Kier molecular flexibility index (Phi) is 6.73. The molecule has 0 radical (unpaired) electrons. The summed E-state index contributed by atoms with van der Waals surface area (Å²) >= 11 is 0. The zero-order valence-electron chi connectivity index (χ0n) is 12.2. The van der Waals surface area contributed by atoms with Gasteiger partial charge < -0.3 is 14.4 Å². The number of carbonyl (C=O) groups excluding carboxylic acids is 2. The number of hydrogen-bond acceptors (Lipinski definition) is 5. The first kappa shape index (κ1) is 16.2. The number of ether oxygens (including phenoxy) is 2. The predicted octanol–water partition coefficient (Wildman–Crippen LogP) is 1.79. The van der Waals surface area contributed by atoms with Crippen molar-refractivity contribution in [3.63, 3.8) is 0 Å². The quantitative estimate of drug-likeness (QED) is 0.562. The monoisotopic (exact) mass is 279 g/mol. The molecule has 0 unspecified atom stereocenters.